The molecule has 0 saturated carbocycles. The van der Waals surface area contributed by atoms with Crippen LogP contribution in [-0.2, 0) is 16.0 Å². The Hall–Kier alpha value is -2.82. The first-order valence-electron chi connectivity index (χ1n) is 7.77. The maximum atomic E-state index is 11.8. The van der Waals surface area contributed by atoms with E-state index in [4.69, 9.17) is 4.74 Å². The third kappa shape index (κ3) is 2.85. The number of methoxy groups -OCH3 is 1. The lowest BCUT2D eigenvalue weighted by Gasteiger charge is -2.22. The maximum absolute atomic E-state index is 11.8. The summed E-state index contributed by atoms with van der Waals surface area (Å²) in [4.78, 5) is 25.1. The summed E-state index contributed by atoms with van der Waals surface area (Å²) in [6, 6.07) is 13.0. The molecule has 0 radical (unpaired) electrons. The number of anilines is 2. The van der Waals surface area contributed by atoms with Gasteiger partial charge in [0.15, 0.2) is 0 Å². The van der Waals surface area contributed by atoms with Gasteiger partial charge in [-0.3, -0.25) is 4.79 Å². The van der Waals surface area contributed by atoms with Crippen LogP contribution in [0.25, 0.3) is 0 Å². The van der Waals surface area contributed by atoms with Gasteiger partial charge in [-0.2, -0.15) is 0 Å². The Kier molecular flexibility index (Phi) is 4.25. The van der Waals surface area contributed by atoms with Crippen molar-refractivity contribution in [3.05, 3.63) is 59.2 Å². The van der Waals surface area contributed by atoms with Gasteiger partial charge in [0.25, 0.3) is 0 Å². The summed E-state index contributed by atoms with van der Waals surface area (Å²) < 4.78 is 4.84. The van der Waals surface area contributed by atoms with Crippen molar-refractivity contribution in [2.75, 3.05) is 19.1 Å². The molecule has 1 atom stereocenters. The van der Waals surface area contributed by atoms with E-state index in [1.54, 1.807) is 12.1 Å². The standard InChI is InChI=1S/C19H19NO4/c1-20-16-6-4-3-5-15(16)14(11-18(21)24-2)9-12-7-8-13(19(22)23)10-17(12)20/h3-8,10,14H,9,11H2,1-2H3,(H,22,23). The Bertz CT molecular complexity index is 800. The summed E-state index contributed by atoms with van der Waals surface area (Å²) >= 11 is 0. The van der Waals surface area contributed by atoms with Crippen LogP contribution in [0.1, 0.15) is 33.8 Å². The molecular formula is C19H19NO4. The van der Waals surface area contributed by atoms with Gasteiger partial charge < -0.3 is 14.7 Å². The topological polar surface area (TPSA) is 66.8 Å². The number of fused-ring (bicyclic) bond motifs is 2. The van der Waals surface area contributed by atoms with Crippen LogP contribution in [0.2, 0.25) is 0 Å². The fourth-order valence-corrected chi connectivity index (χ4v) is 3.29. The first-order valence-corrected chi connectivity index (χ1v) is 7.77. The van der Waals surface area contributed by atoms with Gasteiger partial charge in [-0.1, -0.05) is 24.3 Å². The van der Waals surface area contributed by atoms with Crippen LogP contribution < -0.4 is 4.90 Å². The number of carbonyl (C=O) groups excluding carboxylic acids is 1. The molecule has 1 unspecified atom stereocenters. The molecule has 0 saturated heterocycles. The van der Waals surface area contributed by atoms with Crippen molar-refractivity contribution in [1.82, 2.24) is 0 Å². The summed E-state index contributed by atoms with van der Waals surface area (Å²) in [6.07, 6.45) is 0.952. The zero-order chi connectivity index (χ0) is 17.3. The second kappa shape index (κ2) is 6.35. The molecule has 24 heavy (non-hydrogen) atoms. The van der Waals surface area contributed by atoms with Gasteiger partial charge in [-0.05, 0) is 35.7 Å². The average Bonchev–Trinajstić information content (AvgIpc) is 2.70. The van der Waals surface area contributed by atoms with Crippen LogP contribution in [-0.4, -0.2) is 31.2 Å². The van der Waals surface area contributed by atoms with Gasteiger partial charge in [0, 0.05) is 24.3 Å². The summed E-state index contributed by atoms with van der Waals surface area (Å²) in [6.45, 7) is 0. The van der Waals surface area contributed by atoms with Gasteiger partial charge in [0.2, 0.25) is 0 Å². The Morgan fingerprint density at radius 1 is 1.21 bits per heavy atom. The summed E-state index contributed by atoms with van der Waals surface area (Å²) in [7, 11) is 3.31. The second-order valence-electron chi connectivity index (χ2n) is 5.95. The second-order valence-corrected chi connectivity index (χ2v) is 5.95. The van der Waals surface area contributed by atoms with E-state index in [0.717, 1.165) is 22.5 Å². The van der Waals surface area contributed by atoms with E-state index in [-0.39, 0.29) is 17.5 Å². The zero-order valence-corrected chi connectivity index (χ0v) is 13.7. The lowest BCUT2D eigenvalue weighted by Crippen LogP contribution is -2.13. The molecular weight excluding hydrogens is 306 g/mol. The minimum atomic E-state index is -0.949. The van der Waals surface area contributed by atoms with Crippen LogP contribution in [0.4, 0.5) is 11.4 Å². The molecule has 124 valence electrons. The monoisotopic (exact) mass is 325 g/mol. The Morgan fingerprint density at radius 3 is 2.67 bits per heavy atom. The average molecular weight is 325 g/mol. The fourth-order valence-electron chi connectivity index (χ4n) is 3.29. The third-order valence-corrected chi connectivity index (χ3v) is 4.54. The summed E-state index contributed by atoms with van der Waals surface area (Å²) in [5.41, 5.74) is 4.18. The molecule has 0 bridgehead atoms. The molecule has 1 heterocycles. The number of carboxylic acids is 1. The molecule has 1 aliphatic heterocycles. The van der Waals surface area contributed by atoms with E-state index in [9.17, 15) is 14.7 Å². The van der Waals surface area contributed by atoms with E-state index in [1.165, 1.54) is 7.11 Å². The van der Waals surface area contributed by atoms with E-state index in [1.807, 2.05) is 42.3 Å². The predicted molar refractivity (Wildman–Crippen MR) is 91.0 cm³/mol. The highest BCUT2D eigenvalue weighted by molar-refractivity contribution is 5.90. The van der Waals surface area contributed by atoms with Crippen molar-refractivity contribution in [3.8, 4) is 0 Å². The quantitative estimate of drug-likeness (QED) is 0.877. The number of esters is 1. The number of nitrogens with zero attached hydrogens (tertiary/aromatic N) is 1. The van der Waals surface area contributed by atoms with Gasteiger partial charge in [0.05, 0.1) is 19.1 Å². The molecule has 0 fully saturated rings. The molecule has 5 heteroatoms. The minimum Gasteiger partial charge on any atom is -0.478 e. The normalized spacial score (nSPS) is 15.9. The number of para-hydroxylation sites is 1. The van der Waals surface area contributed by atoms with E-state index < -0.39 is 5.97 Å². The Labute approximate surface area is 140 Å². The van der Waals surface area contributed by atoms with Crippen molar-refractivity contribution >= 4 is 23.3 Å². The van der Waals surface area contributed by atoms with Gasteiger partial charge in [0.1, 0.15) is 0 Å². The number of carbonyl (C=O) groups is 2. The fraction of sp³-hybridized carbons (Fsp3) is 0.263. The molecule has 3 rings (SSSR count). The molecule has 0 amide bonds. The molecule has 0 spiro atoms. The van der Waals surface area contributed by atoms with Crippen LogP contribution in [0, 0.1) is 0 Å². The lowest BCUT2D eigenvalue weighted by molar-refractivity contribution is -0.141. The number of rotatable bonds is 3. The van der Waals surface area contributed by atoms with E-state index >= 15 is 0 Å². The van der Waals surface area contributed by atoms with Crippen molar-refractivity contribution < 1.29 is 19.4 Å². The highest BCUT2D eigenvalue weighted by Crippen LogP contribution is 2.41. The van der Waals surface area contributed by atoms with Crippen molar-refractivity contribution in [2.45, 2.75) is 18.8 Å². The van der Waals surface area contributed by atoms with Crippen LogP contribution in [0.15, 0.2) is 42.5 Å². The predicted octanol–water partition coefficient (Wildman–Crippen LogP) is 3.36. The molecule has 0 aromatic heterocycles. The highest BCUT2D eigenvalue weighted by atomic mass is 16.5. The minimum absolute atomic E-state index is 0.00646. The molecule has 1 N–H and O–H groups in total. The largest absolute Gasteiger partial charge is 0.478 e. The molecule has 5 nitrogen and oxygen atoms in total. The van der Waals surface area contributed by atoms with Gasteiger partial charge in [-0.15, -0.1) is 0 Å². The summed E-state index contributed by atoms with van der Waals surface area (Å²) in [5, 5.41) is 9.26. The third-order valence-electron chi connectivity index (χ3n) is 4.54. The molecule has 2 aromatic rings. The van der Waals surface area contributed by atoms with Crippen LogP contribution >= 0.6 is 0 Å². The van der Waals surface area contributed by atoms with Crippen LogP contribution in [0.3, 0.4) is 0 Å². The lowest BCUT2D eigenvalue weighted by atomic mass is 9.89. The van der Waals surface area contributed by atoms with Crippen molar-refractivity contribution in [1.29, 1.82) is 0 Å². The number of hydrogen-bond donors (Lipinski definition) is 1. The SMILES string of the molecule is COC(=O)CC1Cc2ccc(C(=O)O)cc2N(C)c2ccccc21. The number of benzene rings is 2. The highest BCUT2D eigenvalue weighted by Gasteiger charge is 2.27. The smallest absolute Gasteiger partial charge is 0.335 e. The zero-order valence-electron chi connectivity index (χ0n) is 13.7. The first-order chi connectivity index (χ1) is 11.5. The first kappa shape index (κ1) is 16.1. The maximum Gasteiger partial charge on any atom is 0.335 e. The number of ether oxygens (including phenoxy) is 1. The van der Waals surface area contributed by atoms with Crippen LogP contribution in [0.5, 0.6) is 0 Å². The van der Waals surface area contributed by atoms with Gasteiger partial charge >= 0.3 is 11.9 Å². The number of carboxylic acid groups (broad SMARTS) is 1. The Balaban J connectivity index is 2.12. The molecule has 0 aliphatic carbocycles. The Morgan fingerprint density at radius 2 is 1.96 bits per heavy atom. The van der Waals surface area contributed by atoms with E-state index in [2.05, 4.69) is 0 Å². The van der Waals surface area contributed by atoms with E-state index in [0.29, 0.717) is 12.8 Å². The number of hydrogen-bond acceptors (Lipinski definition) is 4. The molecule has 2 aromatic carbocycles. The van der Waals surface area contributed by atoms with Gasteiger partial charge in [-0.25, -0.2) is 4.79 Å². The van der Waals surface area contributed by atoms with Crippen molar-refractivity contribution in [2.24, 2.45) is 0 Å². The number of aromatic carboxylic acids is 1. The molecule has 1 aliphatic rings. The van der Waals surface area contributed by atoms with Crippen molar-refractivity contribution in [3.63, 3.8) is 0 Å². The summed E-state index contributed by atoms with van der Waals surface area (Å²) in [5.74, 6) is -1.20.